The molecule has 1 aromatic carbocycles. The van der Waals surface area contributed by atoms with E-state index in [0.29, 0.717) is 0 Å². The molecule has 1 heteroatoms. The molecule has 0 amide bonds. The topological polar surface area (TPSA) is 26.0 Å². The normalized spacial score (nSPS) is 11.8. The molecular formula is C14H23N. The monoisotopic (exact) mass is 205 g/mol. The molecule has 0 saturated heterocycles. The van der Waals surface area contributed by atoms with Gasteiger partial charge in [-0.05, 0) is 49.8 Å². The van der Waals surface area contributed by atoms with Crippen LogP contribution in [0.3, 0.4) is 0 Å². The molecule has 1 nitrogen and oxygen atoms in total. The quantitative estimate of drug-likeness (QED) is 0.802. The molecule has 0 unspecified atom stereocenters. The third-order valence-electron chi connectivity index (χ3n) is 3.12. The Bertz CT molecular complexity index is 326. The summed E-state index contributed by atoms with van der Waals surface area (Å²) in [6.07, 6.45) is 2.30. The Labute approximate surface area is 93.7 Å². The van der Waals surface area contributed by atoms with Crippen molar-refractivity contribution in [3.63, 3.8) is 0 Å². The molecule has 0 aromatic heterocycles. The predicted octanol–water partition coefficient (Wildman–Crippen LogP) is 3.22. The van der Waals surface area contributed by atoms with Crippen LogP contribution in [-0.2, 0) is 6.42 Å². The Morgan fingerprint density at radius 1 is 1.20 bits per heavy atom. The molecule has 1 aromatic rings. The summed E-state index contributed by atoms with van der Waals surface area (Å²) in [5.41, 5.74) is 10.2. The van der Waals surface area contributed by atoms with Crippen molar-refractivity contribution in [2.24, 2.45) is 11.1 Å². The second kappa shape index (κ2) is 4.80. The highest BCUT2D eigenvalue weighted by Crippen LogP contribution is 2.22. The van der Waals surface area contributed by atoms with Gasteiger partial charge in [-0.25, -0.2) is 0 Å². The van der Waals surface area contributed by atoms with E-state index in [1.807, 2.05) is 0 Å². The van der Waals surface area contributed by atoms with Crippen molar-refractivity contribution in [2.75, 3.05) is 6.54 Å². The summed E-state index contributed by atoms with van der Waals surface area (Å²) in [4.78, 5) is 0. The first-order valence-corrected chi connectivity index (χ1v) is 5.71. The Balaban J connectivity index is 2.66. The highest BCUT2D eigenvalue weighted by Gasteiger charge is 2.15. The van der Waals surface area contributed by atoms with Gasteiger partial charge in [-0.3, -0.25) is 0 Å². The Morgan fingerprint density at radius 2 is 1.87 bits per heavy atom. The van der Waals surface area contributed by atoms with Crippen LogP contribution in [0, 0.1) is 19.3 Å². The van der Waals surface area contributed by atoms with E-state index in [-0.39, 0.29) is 5.41 Å². The lowest BCUT2D eigenvalue weighted by Crippen LogP contribution is -2.24. The van der Waals surface area contributed by atoms with Gasteiger partial charge in [-0.2, -0.15) is 0 Å². The van der Waals surface area contributed by atoms with Crippen LogP contribution >= 0.6 is 0 Å². The van der Waals surface area contributed by atoms with Gasteiger partial charge in [0.25, 0.3) is 0 Å². The van der Waals surface area contributed by atoms with E-state index >= 15 is 0 Å². The zero-order chi connectivity index (χ0) is 11.5. The molecule has 0 atom stereocenters. The van der Waals surface area contributed by atoms with E-state index < -0.39 is 0 Å². The molecule has 84 valence electrons. The lowest BCUT2D eigenvalue weighted by molar-refractivity contribution is 0.347. The molecule has 0 spiro atoms. The minimum atomic E-state index is 0.261. The van der Waals surface area contributed by atoms with Crippen LogP contribution < -0.4 is 5.73 Å². The van der Waals surface area contributed by atoms with Crippen LogP contribution in [0.4, 0.5) is 0 Å². The number of aryl methyl sites for hydroxylation is 3. The van der Waals surface area contributed by atoms with Gasteiger partial charge >= 0.3 is 0 Å². The smallest absolute Gasteiger partial charge is 0.00257 e. The summed E-state index contributed by atoms with van der Waals surface area (Å²) in [7, 11) is 0. The molecule has 0 heterocycles. The van der Waals surface area contributed by atoms with Crippen molar-refractivity contribution in [3.05, 3.63) is 34.9 Å². The maximum atomic E-state index is 5.73. The van der Waals surface area contributed by atoms with Crippen LogP contribution in [0.15, 0.2) is 18.2 Å². The maximum Gasteiger partial charge on any atom is -0.00257 e. The van der Waals surface area contributed by atoms with Crippen molar-refractivity contribution in [1.82, 2.24) is 0 Å². The lowest BCUT2D eigenvalue weighted by Gasteiger charge is -2.22. The minimum absolute atomic E-state index is 0.261. The van der Waals surface area contributed by atoms with Crippen LogP contribution in [0.1, 0.15) is 37.0 Å². The number of hydrogen-bond donors (Lipinski definition) is 1. The average molecular weight is 205 g/mol. The zero-order valence-corrected chi connectivity index (χ0v) is 10.4. The van der Waals surface area contributed by atoms with Crippen molar-refractivity contribution >= 4 is 0 Å². The summed E-state index contributed by atoms with van der Waals surface area (Å²) in [6.45, 7) is 9.56. The first-order valence-electron chi connectivity index (χ1n) is 5.71. The first kappa shape index (κ1) is 12.3. The van der Waals surface area contributed by atoms with Crippen molar-refractivity contribution < 1.29 is 0 Å². The van der Waals surface area contributed by atoms with E-state index in [9.17, 15) is 0 Å². The second-order valence-corrected chi connectivity index (χ2v) is 5.30. The largest absolute Gasteiger partial charge is 0.330 e. The standard InChI is InChI=1S/C14H23N/c1-11-5-6-13(12(2)9-11)7-8-14(3,4)10-15/h5-6,9H,7-8,10,15H2,1-4H3. The van der Waals surface area contributed by atoms with Gasteiger partial charge in [0.15, 0.2) is 0 Å². The van der Waals surface area contributed by atoms with E-state index in [4.69, 9.17) is 5.73 Å². The molecule has 2 N–H and O–H groups in total. The van der Waals surface area contributed by atoms with Gasteiger partial charge in [0, 0.05) is 0 Å². The van der Waals surface area contributed by atoms with E-state index in [1.54, 1.807) is 0 Å². The molecule has 0 aliphatic rings. The molecule has 0 bridgehead atoms. The predicted molar refractivity (Wildman–Crippen MR) is 67.1 cm³/mol. The van der Waals surface area contributed by atoms with Gasteiger partial charge in [0.05, 0.1) is 0 Å². The molecule has 1 rings (SSSR count). The molecule has 0 fully saturated rings. The van der Waals surface area contributed by atoms with Crippen LogP contribution in [0.2, 0.25) is 0 Å². The molecule has 0 radical (unpaired) electrons. The SMILES string of the molecule is Cc1ccc(CCC(C)(C)CN)c(C)c1. The van der Waals surface area contributed by atoms with Crippen molar-refractivity contribution in [2.45, 2.75) is 40.5 Å². The van der Waals surface area contributed by atoms with Crippen LogP contribution in [0.25, 0.3) is 0 Å². The molecule has 15 heavy (non-hydrogen) atoms. The molecule has 0 aliphatic carbocycles. The third kappa shape index (κ3) is 3.67. The Kier molecular flexibility index (Phi) is 3.92. The lowest BCUT2D eigenvalue weighted by atomic mass is 9.85. The zero-order valence-electron chi connectivity index (χ0n) is 10.4. The fourth-order valence-corrected chi connectivity index (χ4v) is 1.70. The van der Waals surface area contributed by atoms with E-state index in [1.165, 1.54) is 16.7 Å². The van der Waals surface area contributed by atoms with Gasteiger partial charge in [0.2, 0.25) is 0 Å². The van der Waals surface area contributed by atoms with E-state index in [0.717, 1.165) is 19.4 Å². The summed E-state index contributed by atoms with van der Waals surface area (Å²) in [6, 6.07) is 6.69. The van der Waals surface area contributed by atoms with Gasteiger partial charge < -0.3 is 5.73 Å². The van der Waals surface area contributed by atoms with Gasteiger partial charge in [-0.1, -0.05) is 37.6 Å². The van der Waals surface area contributed by atoms with Crippen molar-refractivity contribution in [3.8, 4) is 0 Å². The highest BCUT2D eigenvalue weighted by atomic mass is 14.6. The number of rotatable bonds is 4. The third-order valence-corrected chi connectivity index (χ3v) is 3.12. The maximum absolute atomic E-state index is 5.73. The summed E-state index contributed by atoms with van der Waals surface area (Å²) in [5.74, 6) is 0. The van der Waals surface area contributed by atoms with Gasteiger partial charge in [0.1, 0.15) is 0 Å². The first-order chi connectivity index (χ1) is 6.94. The summed E-state index contributed by atoms with van der Waals surface area (Å²) >= 11 is 0. The van der Waals surface area contributed by atoms with Crippen LogP contribution in [0.5, 0.6) is 0 Å². The second-order valence-electron chi connectivity index (χ2n) is 5.30. The number of benzene rings is 1. The summed E-state index contributed by atoms with van der Waals surface area (Å²) in [5, 5.41) is 0. The number of nitrogens with two attached hydrogens (primary N) is 1. The van der Waals surface area contributed by atoms with Crippen molar-refractivity contribution in [1.29, 1.82) is 0 Å². The average Bonchev–Trinajstić information content (AvgIpc) is 2.16. The number of hydrogen-bond acceptors (Lipinski definition) is 1. The van der Waals surface area contributed by atoms with E-state index in [2.05, 4.69) is 45.9 Å². The molecular weight excluding hydrogens is 182 g/mol. The van der Waals surface area contributed by atoms with Crippen LogP contribution in [-0.4, -0.2) is 6.54 Å². The molecule has 0 saturated carbocycles. The Hall–Kier alpha value is -0.820. The summed E-state index contributed by atoms with van der Waals surface area (Å²) < 4.78 is 0. The fourth-order valence-electron chi connectivity index (χ4n) is 1.70. The minimum Gasteiger partial charge on any atom is -0.330 e. The van der Waals surface area contributed by atoms with Gasteiger partial charge in [-0.15, -0.1) is 0 Å². The fraction of sp³-hybridized carbons (Fsp3) is 0.571. The highest BCUT2D eigenvalue weighted by molar-refractivity contribution is 5.30. The Morgan fingerprint density at radius 3 is 2.40 bits per heavy atom. The molecule has 0 aliphatic heterocycles.